The molecule has 11 nitrogen and oxygen atoms in total. The summed E-state index contributed by atoms with van der Waals surface area (Å²) in [5.74, 6) is -2.99. The Morgan fingerprint density at radius 1 is 0.667 bits per heavy atom. The third kappa shape index (κ3) is 6.38. The maximum atomic E-state index is 12.1. The highest BCUT2D eigenvalue weighted by Crippen LogP contribution is 2.50. The Morgan fingerprint density at radius 2 is 1.22 bits per heavy atom. The van der Waals surface area contributed by atoms with Crippen LogP contribution in [0, 0.1) is 0 Å². The van der Waals surface area contributed by atoms with Crippen molar-refractivity contribution in [1.82, 2.24) is 0 Å². The van der Waals surface area contributed by atoms with Gasteiger partial charge in [-0.25, -0.2) is 0 Å². The SMILES string of the molecule is CC(=O)Oc1ccc([C@H]2Oc3cc(OC(C)=O)cc(OC(C)=O)c3[C@@H](OC(C)=O)[C@H]2OC(C)=O)cc1. The molecule has 2 aromatic carbocycles. The summed E-state index contributed by atoms with van der Waals surface area (Å²) in [5, 5.41) is 0. The van der Waals surface area contributed by atoms with Crippen molar-refractivity contribution in [2.45, 2.75) is 52.9 Å². The molecule has 2 aromatic rings. The van der Waals surface area contributed by atoms with Gasteiger partial charge in [0.05, 0.1) is 5.56 Å². The zero-order valence-electron chi connectivity index (χ0n) is 20.2. The molecule has 0 unspecified atom stereocenters. The number of rotatable bonds is 6. The van der Waals surface area contributed by atoms with Gasteiger partial charge in [0, 0.05) is 46.8 Å². The van der Waals surface area contributed by atoms with Gasteiger partial charge in [-0.3, -0.25) is 24.0 Å². The molecule has 190 valence electrons. The van der Waals surface area contributed by atoms with E-state index >= 15 is 0 Å². The van der Waals surface area contributed by atoms with E-state index < -0.39 is 48.2 Å². The normalized spacial score (nSPS) is 18.1. The Kier molecular flexibility index (Phi) is 7.93. The van der Waals surface area contributed by atoms with Gasteiger partial charge in [-0.2, -0.15) is 0 Å². The molecular weight excluding hydrogens is 476 g/mol. The van der Waals surface area contributed by atoms with E-state index in [-0.39, 0.29) is 28.6 Å². The number of carbonyl (C=O) groups is 5. The molecule has 0 N–H and O–H groups in total. The van der Waals surface area contributed by atoms with Gasteiger partial charge in [-0.1, -0.05) is 12.1 Å². The largest absolute Gasteiger partial charge is 0.481 e. The molecule has 0 saturated heterocycles. The van der Waals surface area contributed by atoms with Gasteiger partial charge in [0.2, 0.25) is 0 Å². The van der Waals surface area contributed by atoms with Gasteiger partial charge in [-0.05, 0) is 17.7 Å². The smallest absolute Gasteiger partial charge is 0.308 e. The Bertz CT molecular complexity index is 1200. The number of benzene rings is 2. The number of fused-ring (bicyclic) bond motifs is 1. The van der Waals surface area contributed by atoms with Crippen LogP contribution in [0.15, 0.2) is 36.4 Å². The Morgan fingerprint density at radius 3 is 1.75 bits per heavy atom. The van der Waals surface area contributed by atoms with Crippen LogP contribution in [0.1, 0.15) is 58.0 Å². The molecule has 3 atom stereocenters. The van der Waals surface area contributed by atoms with Gasteiger partial charge in [0.15, 0.2) is 18.3 Å². The van der Waals surface area contributed by atoms with E-state index in [1.807, 2.05) is 0 Å². The fourth-order valence-electron chi connectivity index (χ4n) is 3.72. The van der Waals surface area contributed by atoms with Crippen molar-refractivity contribution in [3.8, 4) is 23.0 Å². The van der Waals surface area contributed by atoms with Crippen molar-refractivity contribution in [3.63, 3.8) is 0 Å². The van der Waals surface area contributed by atoms with Crippen LogP contribution in [0.4, 0.5) is 0 Å². The highest BCUT2D eigenvalue weighted by Gasteiger charge is 2.46. The van der Waals surface area contributed by atoms with E-state index in [0.29, 0.717) is 5.56 Å². The van der Waals surface area contributed by atoms with Crippen LogP contribution in [0.25, 0.3) is 0 Å². The quantitative estimate of drug-likeness (QED) is 0.427. The van der Waals surface area contributed by atoms with Crippen LogP contribution in [0.5, 0.6) is 23.0 Å². The lowest BCUT2D eigenvalue weighted by Crippen LogP contribution is -2.40. The topological polar surface area (TPSA) is 141 Å². The van der Waals surface area contributed by atoms with Crippen LogP contribution < -0.4 is 18.9 Å². The summed E-state index contributed by atoms with van der Waals surface area (Å²) in [4.78, 5) is 58.7. The van der Waals surface area contributed by atoms with E-state index in [2.05, 4.69) is 0 Å². The van der Waals surface area contributed by atoms with Crippen molar-refractivity contribution >= 4 is 29.8 Å². The van der Waals surface area contributed by atoms with Crippen LogP contribution in [-0.4, -0.2) is 36.0 Å². The second kappa shape index (κ2) is 10.9. The average molecular weight is 500 g/mol. The first-order valence-electron chi connectivity index (χ1n) is 10.8. The zero-order valence-corrected chi connectivity index (χ0v) is 20.2. The van der Waals surface area contributed by atoms with E-state index in [1.165, 1.54) is 52.0 Å². The zero-order chi connectivity index (χ0) is 26.6. The van der Waals surface area contributed by atoms with Gasteiger partial charge in [-0.15, -0.1) is 0 Å². The van der Waals surface area contributed by atoms with Crippen molar-refractivity contribution in [1.29, 1.82) is 0 Å². The van der Waals surface area contributed by atoms with Crippen molar-refractivity contribution in [2.24, 2.45) is 0 Å². The molecule has 0 aliphatic carbocycles. The van der Waals surface area contributed by atoms with Crippen LogP contribution >= 0.6 is 0 Å². The molecule has 0 spiro atoms. The molecule has 1 aliphatic rings. The number of esters is 5. The Labute approximate surface area is 206 Å². The Hall–Kier alpha value is -4.41. The van der Waals surface area contributed by atoms with Crippen LogP contribution in [0.3, 0.4) is 0 Å². The summed E-state index contributed by atoms with van der Waals surface area (Å²) in [7, 11) is 0. The fraction of sp³-hybridized carbons (Fsp3) is 0.320. The summed E-state index contributed by atoms with van der Waals surface area (Å²) in [6.45, 7) is 5.96. The molecule has 0 bridgehead atoms. The standard InChI is InChI=1S/C25H24O11/c1-12(26)31-18-8-6-17(7-9-18)23-25(35-16(5)30)24(34-15(4)29)22-20(33-14(3)28)10-19(32-13(2)27)11-21(22)36-23/h6-11,23-25H,1-5H3/t23-,24-,25+/m1/s1. The van der Waals surface area contributed by atoms with Crippen molar-refractivity contribution < 1.29 is 52.4 Å². The molecule has 0 aromatic heterocycles. The highest BCUT2D eigenvalue weighted by molar-refractivity contribution is 5.74. The first kappa shape index (κ1) is 26.2. The highest BCUT2D eigenvalue weighted by atomic mass is 16.6. The number of hydrogen-bond acceptors (Lipinski definition) is 11. The lowest BCUT2D eigenvalue weighted by Gasteiger charge is -2.39. The predicted molar refractivity (Wildman–Crippen MR) is 120 cm³/mol. The summed E-state index contributed by atoms with van der Waals surface area (Å²) in [5.41, 5.74) is 0.585. The predicted octanol–water partition coefficient (Wildman–Crippen LogP) is 3.13. The van der Waals surface area contributed by atoms with Crippen molar-refractivity contribution in [2.75, 3.05) is 0 Å². The molecule has 0 saturated carbocycles. The van der Waals surface area contributed by atoms with Gasteiger partial charge in [0.25, 0.3) is 0 Å². The van der Waals surface area contributed by atoms with Gasteiger partial charge < -0.3 is 28.4 Å². The number of hydrogen-bond donors (Lipinski definition) is 0. The molecule has 3 rings (SSSR count). The minimum Gasteiger partial charge on any atom is -0.481 e. The summed E-state index contributed by atoms with van der Waals surface area (Å²) >= 11 is 0. The summed E-state index contributed by atoms with van der Waals surface area (Å²) in [6, 6.07) is 8.82. The first-order valence-corrected chi connectivity index (χ1v) is 10.8. The second-order valence-corrected chi connectivity index (χ2v) is 7.83. The number of ether oxygens (including phenoxy) is 6. The summed E-state index contributed by atoms with van der Waals surface area (Å²) < 4.78 is 32.7. The van der Waals surface area contributed by atoms with Crippen LogP contribution in [-0.2, 0) is 33.4 Å². The third-order valence-corrected chi connectivity index (χ3v) is 4.79. The van der Waals surface area contributed by atoms with Crippen LogP contribution in [0.2, 0.25) is 0 Å². The lowest BCUT2D eigenvalue weighted by atomic mass is 9.90. The molecule has 0 fully saturated rings. The van der Waals surface area contributed by atoms with E-state index in [9.17, 15) is 24.0 Å². The second-order valence-electron chi connectivity index (χ2n) is 7.83. The molecule has 1 heterocycles. The fourth-order valence-corrected chi connectivity index (χ4v) is 3.72. The minimum atomic E-state index is -1.26. The maximum Gasteiger partial charge on any atom is 0.308 e. The molecule has 36 heavy (non-hydrogen) atoms. The summed E-state index contributed by atoms with van der Waals surface area (Å²) in [6.07, 6.45) is -3.48. The lowest BCUT2D eigenvalue weighted by molar-refractivity contribution is -0.178. The Balaban J connectivity index is 2.19. The number of carbonyl (C=O) groups excluding carboxylic acids is 5. The third-order valence-electron chi connectivity index (χ3n) is 4.79. The van der Waals surface area contributed by atoms with E-state index in [0.717, 1.165) is 6.92 Å². The monoisotopic (exact) mass is 500 g/mol. The minimum absolute atomic E-state index is 0.00830. The molecular formula is C25H24O11. The molecule has 11 heteroatoms. The average Bonchev–Trinajstić information content (AvgIpc) is 2.73. The molecule has 0 amide bonds. The molecule has 0 radical (unpaired) electrons. The van der Waals surface area contributed by atoms with Crippen molar-refractivity contribution in [3.05, 3.63) is 47.5 Å². The molecule has 1 aliphatic heterocycles. The van der Waals surface area contributed by atoms with Gasteiger partial charge >= 0.3 is 29.8 Å². The van der Waals surface area contributed by atoms with E-state index in [4.69, 9.17) is 28.4 Å². The van der Waals surface area contributed by atoms with E-state index in [1.54, 1.807) is 12.1 Å². The van der Waals surface area contributed by atoms with Gasteiger partial charge in [0.1, 0.15) is 23.0 Å². The maximum absolute atomic E-state index is 12.1. The first-order chi connectivity index (χ1) is 16.9.